The molecule has 1 aromatic carbocycles. The van der Waals surface area contributed by atoms with Crippen LogP contribution in [0, 0.1) is 5.82 Å². The normalized spacial score (nSPS) is 22.8. The van der Waals surface area contributed by atoms with Crippen LogP contribution in [0.3, 0.4) is 0 Å². The van der Waals surface area contributed by atoms with Gasteiger partial charge in [0.05, 0.1) is 6.54 Å². The highest BCUT2D eigenvalue weighted by Crippen LogP contribution is 2.24. The first-order chi connectivity index (χ1) is 8.85. The molecule has 1 unspecified atom stereocenters. The Kier molecular flexibility index (Phi) is 3.62. The Morgan fingerprint density at radius 2 is 2.05 bits per heavy atom. The Labute approximate surface area is 119 Å². The van der Waals surface area contributed by atoms with Crippen LogP contribution < -0.4 is 5.32 Å². The summed E-state index contributed by atoms with van der Waals surface area (Å²) in [6.45, 7) is 3.59. The van der Waals surface area contributed by atoms with Gasteiger partial charge in [0.2, 0.25) is 0 Å². The summed E-state index contributed by atoms with van der Waals surface area (Å²) in [6.07, 6.45) is 0.515. The minimum Gasteiger partial charge on any atom is -0.323 e. The van der Waals surface area contributed by atoms with Crippen molar-refractivity contribution >= 4 is 27.9 Å². The molecule has 1 atom stereocenters. The van der Waals surface area contributed by atoms with Crippen LogP contribution in [-0.4, -0.2) is 22.4 Å². The van der Waals surface area contributed by atoms with Gasteiger partial charge in [0, 0.05) is 4.47 Å². The van der Waals surface area contributed by atoms with E-state index in [-0.39, 0.29) is 12.5 Å². The molecule has 1 aromatic rings. The second-order valence-corrected chi connectivity index (χ2v) is 5.70. The number of urea groups is 1. The third-order valence-corrected chi connectivity index (χ3v) is 3.77. The van der Waals surface area contributed by atoms with Crippen molar-refractivity contribution in [2.24, 2.45) is 0 Å². The van der Waals surface area contributed by atoms with Crippen molar-refractivity contribution in [3.63, 3.8) is 0 Å². The highest BCUT2D eigenvalue weighted by molar-refractivity contribution is 9.10. The molecule has 1 N–H and O–H groups in total. The first-order valence-corrected chi connectivity index (χ1v) is 6.74. The summed E-state index contributed by atoms with van der Waals surface area (Å²) in [5.74, 6) is -0.685. The fourth-order valence-corrected chi connectivity index (χ4v) is 2.53. The fraction of sp³-hybridized carbons (Fsp3) is 0.385. The van der Waals surface area contributed by atoms with Gasteiger partial charge in [-0.15, -0.1) is 0 Å². The monoisotopic (exact) mass is 328 g/mol. The van der Waals surface area contributed by atoms with E-state index < -0.39 is 17.4 Å². The van der Waals surface area contributed by atoms with Gasteiger partial charge in [0.1, 0.15) is 11.4 Å². The number of nitrogens with zero attached hydrogens (tertiary/aromatic N) is 1. The van der Waals surface area contributed by atoms with Crippen LogP contribution in [0.15, 0.2) is 22.7 Å². The largest absolute Gasteiger partial charge is 0.325 e. The van der Waals surface area contributed by atoms with Crippen LogP contribution in [0.5, 0.6) is 0 Å². The lowest BCUT2D eigenvalue weighted by molar-refractivity contribution is -0.131. The maximum absolute atomic E-state index is 13.3. The number of amides is 3. The lowest BCUT2D eigenvalue weighted by atomic mass is 9.99. The molecule has 4 nitrogen and oxygen atoms in total. The summed E-state index contributed by atoms with van der Waals surface area (Å²) >= 11 is 3.18. The highest BCUT2D eigenvalue weighted by Gasteiger charge is 2.46. The summed E-state index contributed by atoms with van der Waals surface area (Å²) in [5, 5.41) is 2.66. The average molecular weight is 329 g/mol. The van der Waals surface area contributed by atoms with Crippen molar-refractivity contribution in [2.45, 2.75) is 32.4 Å². The molecule has 1 fully saturated rings. The molecule has 19 heavy (non-hydrogen) atoms. The standard InChI is InChI=1S/C13H14BrFN2O2/c1-3-13(2)11(18)17(12(19)16-13)7-8-4-9(14)6-10(15)5-8/h4-6H,3,7H2,1-2H3,(H,16,19). The molecule has 1 heterocycles. The number of rotatable bonds is 3. The van der Waals surface area contributed by atoms with Crippen LogP contribution in [0.1, 0.15) is 25.8 Å². The van der Waals surface area contributed by atoms with Crippen molar-refractivity contribution in [3.05, 3.63) is 34.1 Å². The van der Waals surface area contributed by atoms with Crippen LogP contribution in [0.25, 0.3) is 0 Å². The van der Waals surface area contributed by atoms with Gasteiger partial charge in [0.15, 0.2) is 0 Å². The molecular formula is C13H14BrFN2O2. The molecule has 102 valence electrons. The maximum atomic E-state index is 13.3. The number of nitrogens with one attached hydrogen (secondary N) is 1. The molecule has 6 heteroatoms. The molecule has 1 aliphatic rings. The number of imide groups is 1. The molecule has 0 aliphatic carbocycles. The second kappa shape index (κ2) is 4.92. The Morgan fingerprint density at radius 3 is 2.58 bits per heavy atom. The summed E-state index contributed by atoms with van der Waals surface area (Å²) < 4.78 is 13.9. The zero-order valence-corrected chi connectivity index (χ0v) is 12.3. The third kappa shape index (κ3) is 2.63. The minimum absolute atomic E-state index is 0.0661. The van der Waals surface area contributed by atoms with Gasteiger partial charge in [-0.3, -0.25) is 9.69 Å². The van der Waals surface area contributed by atoms with Crippen LogP contribution in [0.4, 0.5) is 9.18 Å². The van der Waals surface area contributed by atoms with Crippen LogP contribution in [-0.2, 0) is 11.3 Å². The fourth-order valence-electron chi connectivity index (χ4n) is 2.02. The summed E-state index contributed by atoms with van der Waals surface area (Å²) in [5.41, 5.74) is -0.294. The molecule has 0 bridgehead atoms. The molecule has 0 saturated carbocycles. The maximum Gasteiger partial charge on any atom is 0.325 e. The third-order valence-electron chi connectivity index (χ3n) is 3.32. The van der Waals surface area contributed by atoms with E-state index in [0.29, 0.717) is 16.5 Å². The highest BCUT2D eigenvalue weighted by atomic mass is 79.9. The number of halogens is 2. The Morgan fingerprint density at radius 1 is 1.37 bits per heavy atom. The van der Waals surface area contributed by atoms with Crippen molar-refractivity contribution in [1.82, 2.24) is 10.2 Å². The SMILES string of the molecule is CCC1(C)NC(=O)N(Cc2cc(F)cc(Br)c2)C1=O. The van der Waals surface area contributed by atoms with E-state index in [0.717, 1.165) is 4.90 Å². The minimum atomic E-state index is -0.859. The topological polar surface area (TPSA) is 49.4 Å². The Bertz CT molecular complexity index is 529. The van der Waals surface area contributed by atoms with E-state index >= 15 is 0 Å². The van der Waals surface area contributed by atoms with Crippen molar-refractivity contribution in [3.8, 4) is 0 Å². The molecule has 1 aliphatic heterocycles. The van der Waals surface area contributed by atoms with Gasteiger partial charge in [-0.2, -0.15) is 0 Å². The predicted octanol–water partition coefficient (Wildman–Crippen LogP) is 2.81. The first kappa shape index (κ1) is 14.0. The lowest BCUT2D eigenvalue weighted by Crippen LogP contribution is -2.43. The van der Waals surface area contributed by atoms with Gasteiger partial charge in [-0.25, -0.2) is 9.18 Å². The summed E-state index contributed by atoms with van der Waals surface area (Å²) in [6, 6.07) is 3.89. The Balaban J connectivity index is 2.24. The zero-order valence-electron chi connectivity index (χ0n) is 10.7. The van der Waals surface area contributed by atoms with E-state index in [1.807, 2.05) is 6.92 Å². The van der Waals surface area contributed by atoms with Crippen molar-refractivity contribution < 1.29 is 14.0 Å². The van der Waals surface area contributed by atoms with Gasteiger partial charge < -0.3 is 5.32 Å². The molecule has 1 saturated heterocycles. The van der Waals surface area contributed by atoms with Crippen molar-refractivity contribution in [1.29, 1.82) is 0 Å². The average Bonchev–Trinajstić information content (AvgIpc) is 2.53. The molecular weight excluding hydrogens is 315 g/mol. The number of carbonyl (C=O) groups is 2. The van der Waals surface area contributed by atoms with Crippen LogP contribution >= 0.6 is 15.9 Å². The predicted molar refractivity (Wildman–Crippen MR) is 71.9 cm³/mol. The lowest BCUT2D eigenvalue weighted by Gasteiger charge is -2.19. The zero-order chi connectivity index (χ0) is 14.2. The summed E-state index contributed by atoms with van der Waals surface area (Å²) in [7, 11) is 0. The van der Waals surface area contributed by atoms with Crippen LogP contribution in [0.2, 0.25) is 0 Å². The van der Waals surface area contributed by atoms with E-state index in [1.54, 1.807) is 13.0 Å². The molecule has 0 spiro atoms. The second-order valence-electron chi connectivity index (χ2n) is 4.78. The number of carbonyl (C=O) groups excluding carboxylic acids is 2. The van der Waals surface area contributed by atoms with Gasteiger partial charge in [0.25, 0.3) is 5.91 Å². The molecule has 0 aromatic heterocycles. The Hall–Kier alpha value is -1.43. The molecule has 0 radical (unpaired) electrons. The molecule has 2 rings (SSSR count). The summed E-state index contributed by atoms with van der Waals surface area (Å²) in [4.78, 5) is 25.1. The van der Waals surface area contributed by atoms with Gasteiger partial charge in [-0.1, -0.05) is 22.9 Å². The van der Waals surface area contributed by atoms with E-state index in [2.05, 4.69) is 21.2 Å². The van der Waals surface area contributed by atoms with E-state index in [1.165, 1.54) is 12.1 Å². The molecule has 3 amide bonds. The quantitative estimate of drug-likeness (QED) is 0.867. The van der Waals surface area contributed by atoms with Gasteiger partial charge in [-0.05, 0) is 37.1 Å². The van der Waals surface area contributed by atoms with Crippen molar-refractivity contribution in [2.75, 3.05) is 0 Å². The van der Waals surface area contributed by atoms with E-state index in [9.17, 15) is 14.0 Å². The number of hydrogen-bond donors (Lipinski definition) is 1. The number of benzene rings is 1. The van der Waals surface area contributed by atoms with Gasteiger partial charge >= 0.3 is 6.03 Å². The smallest absolute Gasteiger partial charge is 0.323 e. The number of hydrogen-bond acceptors (Lipinski definition) is 2. The van der Waals surface area contributed by atoms with E-state index in [4.69, 9.17) is 0 Å². The first-order valence-electron chi connectivity index (χ1n) is 5.95.